The maximum atomic E-state index is 13.8. The number of allylic oxidation sites excluding steroid dienone is 1. The van der Waals surface area contributed by atoms with Crippen LogP contribution in [-0.2, 0) is 0 Å². The largest absolute Gasteiger partial charge is 0.205 e. The standard InChI is InChI=1S/C16H20ClF.C3H8/c1-11(2)13-8-6-12(7-9-13)10-14-4-3-5-15(17)16(14)18;1-3-2/h3-5,10-11,13H,6-9H2,1-2H3;3H2,1-2H3. The first-order valence-electron chi connectivity index (χ1n) is 8.13. The summed E-state index contributed by atoms with van der Waals surface area (Å²) in [6.07, 6.45) is 7.87. The minimum Gasteiger partial charge on any atom is -0.205 e. The van der Waals surface area contributed by atoms with E-state index < -0.39 is 0 Å². The summed E-state index contributed by atoms with van der Waals surface area (Å²) >= 11 is 5.79. The van der Waals surface area contributed by atoms with Crippen LogP contribution in [0.2, 0.25) is 5.02 Å². The molecule has 0 bridgehead atoms. The summed E-state index contributed by atoms with van der Waals surface area (Å²) in [7, 11) is 0. The van der Waals surface area contributed by atoms with Crippen LogP contribution in [0, 0.1) is 17.7 Å². The number of halogens is 2. The third-order valence-corrected chi connectivity index (χ3v) is 4.25. The normalized spacial score (nSPS) is 18.2. The van der Waals surface area contributed by atoms with E-state index in [1.807, 2.05) is 6.08 Å². The Hall–Kier alpha value is -0.820. The van der Waals surface area contributed by atoms with Crippen molar-refractivity contribution in [1.82, 2.24) is 0 Å². The predicted octanol–water partition coefficient (Wildman–Crippen LogP) is 7.13. The van der Waals surface area contributed by atoms with Crippen molar-refractivity contribution in [1.29, 1.82) is 0 Å². The van der Waals surface area contributed by atoms with Gasteiger partial charge in [-0.05, 0) is 43.6 Å². The Labute approximate surface area is 134 Å². The molecule has 0 spiro atoms. The van der Waals surface area contributed by atoms with E-state index >= 15 is 0 Å². The summed E-state index contributed by atoms with van der Waals surface area (Å²) < 4.78 is 13.8. The van der Waals surface area contributed by atoms with E-state index in [9.17, 15) is 4.39 Å². The Morgan fingerprint density at radius 3 is 2.33 bits per heavy atom. The Morgan fingerprint density at radius 2 is 1.81 bits per heavy atom. The maximum absolute atomic E-state index is 13.8. The fourth-order valence-electron chi connectivity index (χ4n) is 2.67. The maximum Gasteiger partial charge on any atom is 0.148 e. The highest BCUT2D eigenvalue weighted by atomic mass is 35.5. The molecule has 2 rings (SSSR count). The summed E-state index contributed by atoms with van der Waals surface area (Å²) in [5, 5.41) is 0.209. The molecule has 21 heavy (non-hydrogen) atoms. The lowest BCUT2D eigenvalue weighted by Crippen LogP contribution is -2.13. The summed E-state index contributed by atoms with van der Waals surface area (Å²) in [6, 6.07) is 5.19. The number of rotatable bonds is 2. The van der Waals surface area contributed by atoms with Gasteiger partial charge in [0.2, 0.25) is 0 Å². The smallest absolute Gasteiger partial charge is 0.148 e. The summed E-state index contributed by atoms with van der Waals surface area (Å²) in [5.74, 6) is 1.29. The van der Waals surface area contributed by atoms with Crippen LogP contribution >= 0.6 is 11.6 Å². The highest BCUT2D eigenvalue weighted by Crippen LogP contribution is 2.34. The van der Waals surface area contributed by atoms with Crippen molar-refractivity contribution in [2.24, 2.45) is 11.8 Å². The molecule has 1 fully saturated rings. The van der Waals surface area contributed by atoms with Crippen molar-refractivity contribution in [2.75, 3.05) is 0 Å². The summed E-state index contributed by atoms with van der Waals surface area (Å²) in [6.45, 7) is 8.83. The predicted molar refractivity (Wildman–Crippen MR) is 92.1 cm³/mol. The van der Waals surface area contributed by atoms with Crippen molar-refractivity contribution in [3.63, 3.8) is 0 Å². The Morgan fingerprint density at radius 1 is 1.24 bits per heavy atom. The number of hydrogen-bond donors (Lipinski definition) is 0. The molecule has 1 saturated carbocycles. The van der Waals surface area contributed by atoms with Crippen molar-refractivity contribution in [3.05, 3.63) is 40.2 Å². The second-order valence-electron chi connectivity index (χ2n) is 6.23. The Bertz CT molecular complexity index is 453. The highest BCUT2D eigenvalue weighted by molar-refractivity contribution is 6.30. The average molecular weight is 311 g/mol. The molecule has 0 aliphatic heterocycles. The van der Waals surface area contributed by atoms with Gasteiger partial charge in [-0.3, -0.25) is 0 Å². The molecule has 0 amide bonds. The van der Waals surface area contributed by atoms with E-state index in [4.69, 9.17) is 11.6 Å². The first-order valence-corrected chi connectivity index (χ1v) is 8.50. The zero-order valence-corrected chi connectivity index (χ0v) is 14.5. The molecule has 2 heteroatoms. The minimum absolute atomic E-state index is 0.209. The van der Waals surface area contributed by atoms with Gasteiger partial charge in [-0.15, -0.1) is 0 Å². The van der Waals surface area contributed by atoms with Crippen molar-refractivity contribution < 1.29 is 4.39 Å². The molecule has 0 N–H and O–H groups in total. The molecule has 0 nitrogen and oxygen atoms in total. The van der Waals surface area contributed by atoms with Crippen LogP contribution in [0.3, 0.4) is 0 Å². The Kier molecular flexibility index (Phi) is 8.03. The van der Waals surface area contributed by atoms with E-state index in [1.165, 1.54) is 24.8 Å². The van der Waals surface area contributed by atoms with Crippen molar-refractivity contribution in [2.45, 2.75) is 59.8 Å². The molecule has 0 saturated heterocycles. The van der Waals surface area contributed by atoms with Gasteiger partial charge in [0.15, 0.2) is 0 Å². The fourth-order valence-corrected chi connectivity index (χ4v) is 2.86. The van der Waals surface area contributed by atoms with Crippen LogP contribution in [0.15, 0.2) is 23.8 Å². The van der Waals surface area contributed by atoms with E-state index in [1.54, 1.807) is 18.2 Å². The number of hydrogen-bond acceptors (Lipinski definition) is 0. The molecule has 0 unspecified atom stereocenters. The zero-order chi connectivity index (χ0) is 15.8. The third-order valence-electron chi connectivity index (χ3n) is 3.96. The third kappa shape index (κ3) is 5.82. The number of benzene rings is 1. The molecule has 1 aliphatic rings. The second-order valence-corrected chi connectivity index (χ2v) is 6.64. The molecule has 0 heterocycles. The van der Waals surface area contributed by atoms with Crippen molar-refractivity contribution in [3.8, 4) is 0 Å². The lowest BCUT2D eigenvalue weighted by atomic mass is 9.79. The molecule has 1 aliphatic carbocycles. The van der Waals surface area contributed by atoms with Gasteiger partial charge in [-0.2, -0.15) is 0 Å². The molecular formula is C19H28ClF. The lowest BCUT2D eigenvalue weighted by Gasteiger charge is -2.27. The molecule has 0 atom stereocenters. The van der Waals surface area contributed by atoms with Gasteiger partial charge in [0.25, 0.3) is 0 Å². The molecule has 0 aromatic heterocycles. The highest BCUT2D eigenvalue weighted by Gasteiger charge is 2.19. The monoisotopic (exact) mass is 310 g/mol. The Balaban J connectivity index is 0.000000677. The molecule has 118 valence electrons. The van der Waals surface area contributed by atoms with E-state index in [-0.39, 0.29) is 10.8 Å². The SMILES string of the molecule is CC(C)C1CCC(=Cc2cccc(Cl)c2F)CC1.CCC. The molecule has 0 radical (unpaired) electrons. The summed E-state index contributed by atoms with van der Waals surface area (Å²) in [5.41, 5.74) is 1.98. The van der Waals surface area contributed by atoms with Crippen LogP contribution in [0.1, 0.15) is 65.4 Å². The minimum atomic E-state index is -0.294. The van der Waals surface area contributed by atoms with Crippen molar-refractivity contribution >= 4 is 17.7 Å². The molecule has 1 aromatic rings. The van der Waals surface area contributed by atoms with Crippen LogP contribution in [0.25, 0.3) is 6.08 Å². The second kappa shape index (κ2) is 9.25. The van der Waals surface area contributed by atoms with E-state index in [0.29, 0.717) is 5.56 Å². The van der Waals surface area contributed by atoms with Crippen LogP contribution in [-0.4, -0.2) is 0 Å². The summed E-state index contributed by atoms with van der Waals surface area (Å²) in [4.78, 5) is 0. The lowest BCUT2D eigenvalue weighted by molar-refractivity contribution is 0.312. The zero-order valence-electron chi connectivity index (χ0n) is 13.8. The quantitative estimate of drug-likeness (QED) is 0.545. The van der Waals surface area contributed by atoms with Crippen LogP contribution < -0.4 is 0 Å². The van der Waals surface area contributed by atoms with Gasteiger partial charge in [-0.25, -0.2) is 4.39 Å². The fraction of sp³-hybridized carbons (Fsp3) is 0.579. The molecular weight excluding hydrogens is 283 g/mol. The van der Waals surface area contributed by atoms with Crippen LogP contribution in [0.5, 0.6) is 0 Å². The van der Waals surface area contributed by atoms with Gasteiger partial charge >= 0.3 is 0 Å². The molecule has 1 aromatic carbocycles. The van der Waals surface area contributed by atoms with Gasteiger partial charge in [0, 0.05) is 5.56 Å². The topological polar surface area (TPSA) is 0 Å². The van der Waals surface area contributed by atoms with Gasteiger partial charge in [0.1, 0.15) is 5.82 Å². The van der Waals surface area contributed by atoms with Gasteiger partial charge in [0.05, 0.1) is 5.02 Å². The van der Waals surface area contributed by atoms with E-state index in [0.717, 1.165) is 24.7 Å². The first-order chi connectivity index (χ1) is 9.99. The average Bonchev–Trinajstić information content (AvgIpc) is 2.45. The van der Waals surface area contributed by atoms with Gasteiger partial charge in [-0.1, -0.05) is 69.5 Å². The van der Waals surface area contributed by atoms with Gasteiger partial charge < -0.3 is 0 Å². The van der Waals surface area contributed by atoms with E-state index in [2.05, 4.69) is 27.7 Å². The first kappa shape index (κ1) is 18.2. The van der Waals surface area contributed by atoms with Crippen LogP contribution in [0.4, 0.5) is 4.39 Å².